The molecule has 0 radical (unpaired) electrons. The molecule has 5 aliphatic carbocycles. The number of Topliss-reactive ketones (excluding diaryl/α,β-unsaturated/α-hetero) is 1. The van der Waals surface area contributed by atoms with E-state index in [0.717, 1.165) is 12.8 Å². The first-order chi connectivity index (χ1) is 16.6. The topological polar surface area (TPSA) is 128 Å². The third-order valence-electron chi connectivity index (χ3n) is 11.0. The van der Waals surface area contributed by atoms with Crippen molar-refractivity contribution in [3.8, 4) is 0 Å². The Hall–Kier alpha value is -2.10. The minimum absolute atomic E-state index is 0.101. The van der Waals surface area contributed by atoms with Crippen molar-refractivity contribution in [2.24, 2.45) is 28.6 Å². The molecule has 3 unspecified atom stereocenters. The fourth-order valence-corrected chi connectivity index (χ4v) is 9.94. The SMILES string of the molecule is C=C1[C@@H]2CCC3[C@@]4(C(=O)C1(OC(=O)c1ccnc(Cl)c1)C24)[C@]1(O)OC[C@]32C=CC[C@@]3(C)N[C@@]32[C@@H]1O. The maximum absolute atomic E-state index is 14.4. The standard InChI is InChI=1S/C26H25ClN2O6/c1-12-14-4-5-15-22-8-3-7-21(2)25(22,29-21)20(32)26(33,34-11-22)23(15)17(14)24(12,19(23)31)35-18(30)13-6-9-28-16(27)10-13/h3,6,8-10,14-15,17,20,29,32-33H,1,4-5,7,11H2,2H3/t14-,15?,17?,20-,21+,22+,23+,24?,25-,26+/m0/s1. The van der Waals surface area contributed by atoms with Gasteiger partial charge >= 0.3 is 5.97 Å². The van der Waals surface area contributed by atoms with E-state index < -0.39 is 51.5 Å². The third kappa shape index (κ3) is 1.69. The monoisotopic (exact) mass is 496 g/mol. The summed E-state index contributed by atoms with van der Waals surface area (Å²) in [5.74, 6) is -4.05. The average Bonchev–Trinajstić information content (AvgIpc) is 3.49. The predicted molar refractivity (Wildman–Crippen MR) is 121 cm³/mol. The van der Waals surface area contributed by atoms with Gasteiger partial charge in [-0.25, -0.2) is 9.78 Å². The highest BCUT2D eigenvalue weighted by Gasteiger charge is 3.00. The number of aromatic nitrogens is 1. The van der Waals surface area contributed by atoms with Crippen LogP contribution in [-0.2, 0) is 14.3 Å². The third-order valence-corrected chi connectivity index (χ3v) is 11.2. The molecule has 3 spiro atoms. The van der Waals surface area contributed by atoms with E-state index in [1.54, 1.807) is 0 Å². The highest BCUT2D eigenvalue weighted by molar-refractivity contribution is 6.29. The van der Waals surface area contributed by atoms with Gasteiger partial charge in [-0.15, -0.1) is 0 Å². The number of ether oxygens (including phenoxy) is 2. The van der Waals surface area contributed by atoms with E-state index >= 15 is 0 Å². The number of ketones is 1. The van der Waals surface area contributed by atoms with Crippen LogP contribution in [0.15, 0.2) is 42.6 Å². The van der Waals surface area contributed by atoms with Crippen molar-refractivity contribution in [3.63, 3.8) is 0 Å². The Morgan fingerprint density at radius 2 is 2.20 bits per heavy atom. The largest absolute Gasteiger partial charge is 0.442 e. The number of aliphatic hydroxyl groups excluding tert-OH is 1. The molecule has 0 aromatic carbocycles. The van der Waals surface area contributed by atoms with Crippen LogP contribution >= 0.6 is 11.6 Å². The maximum atomic E-state index is 14.4. The minimum atomic E-state index is -2.08. The van der Waals surface area contributed by atoms with E-state index in [1.807, 2.05) is 0 Å². The molecule has 1 aromatic heterocycles. The summed E-state index contributed by atoms with van der Waals surface area (Å²) in [6.07, 6.45) is 6.50. The van der Waals surface area contributed by atoms with Crippen LogP contribution in [-0.4, -0.2) is 62.1 Å². The van der Waals surface area contributed by atoms with Gasteiger partial charge in [-0.05, 0) is 55.7 Å². The Kier molecular flexibility index (Phi) is 3.35. The van der Waals surface area contributed by atoms with Crippen LogP contribution in [0.4, 0.5) is 0 Å². The molecule has 1 aromatic rings. The van der Waals surface area contributed by atoms with E-state index in [9.17, 15) is 19.8 Å². The van der Waals surface area contributed by atoms with Crippen molar-refractivity contribution in [1.29, 1.82) is 0 Å². The molecule has 35 heavy (non-hydrogen) atoms. The molecule has 2 bridgehead atoms. The average molecular weight is 497 g/mol. The number of rotatable bonds is 2. The molecule has 7 fully saturated rings. The Morgan fingerprint density at radius 1 is 1.40 bits per heavy atom. The van der Waals surface area contributed by atoms with Gasteiger partial charge in [-0.1, -0.05) is 30.3 Å². The number of pyridine rings is 1. The molecule has 3 aliphatic heterocycles. The van der Waals surface area contributed by atoms with Gasteiger partial charge in [0.15, 0.2) is 11.4 Å². The quantitative estimate of drug-likeness (QED) is 0.243. The Balaban J connectivity index is 1.27. The fourth-order valence-electron chi connectivity index (χ4n) is 9.77. The zero-order valence-electron chi connectivity index (χ0n) is 19.1. The summed E-state index contributed by atoms with van der Waals surface area (Å²) < 4.78 is 12.0. The van der Waals surface area contributed by atoms with Crippen molar-refractivity contribution in [2.45, 2.75) is 54.8 Å². The summed E-state index contributed by atoms with van der Waals surface area (Å²) in [6, 6.07) is 2.87. The van der Waals surface area contributed by atoms with Crippen molar-refractivity contribution in [1.82, 2.24) is 10.3 Å². The number of nitrogens with one attached hydrogen (secondary N) is 1. The van der Waals surface area contributed by atoms with E-state index in [1.165, 1.54) is 18.3 Å². The zero-order valence-corrected chi connectivity index (χ0v) is 19.8. The maximum Gasteiger partial charge on any atom is 0.339 e. The molecule has 9 heteroatoms. The van der Waals surface area contributed by atoms with Gasteiger partial charge in [0.1, 0.15) is 16.7 Å². The predicted octanol–water partition coefficient (Wildman–Crippen LogP) is 1.55. The van der Waals surface area contributed by atoms with E-state index in [-0.39, 0.29) is 34.7 Å². The second-order valence-electron chi connectivity index (χ2n) is 11.7. The molecule has 9 rings (SSSR count). The molecule has 10 atom stereocenters. The van der Waals surface area contributed by atoms with Gasteiger partial charge < -0.3 is 19.7 Å². The van der Waals surface area contributed by atoms with Gasteiger partial charge in [0.05, 0.1) is 17.7 Å². The van der Waals surface area contributed by atoms with E-state index in [2.05, 4.69) is 36.0 Å². The molecular weight excluding hydrogens is 472 g/mol. The summed E-state index contributed by atoms with van der Waals surface area (Å²) in [7, 11) is 0. The van der Waals surface area contributed by atoms with Crippen LogP contribution in [0.3, 0.4) is 0 Å². The summed E-state index contributed by atoms with van der Waals surface area (Å²) in [5.41, 5.74) is -3.94. The molecule has 4 saturated carbocycles. The Labute approximate surface area is 206 Å². The number of esters is 1. The van der Waals surface area contributed by atoms with Gasteiger partial charge in [0.25, 0.3) is 0 Å². The Bertz CT molecular complexity index is 1330. The number of carbonyl (C=O) groups excluding carboxylic acids is 2. The van der Waals surface area contributed by atoms with Crippen LogP contribution in [0.1, 0.15) is 36.5 Å². The second kappa shape index (κ2) is 5.58. The second-order valence-corrected chi connectivity index (χ2v) is 12.1. The van der Waals surface area contributed by atoms with Crippen LogP contribution in [0, 0.1) is 28.6 Å². The number of hydrogen-bond donors (Lipinski definition) is 3. The van der Waals surface area contributed by atoms with Gasteiger partial charge in [0.2, 0.25) is 5.79 Å². The number of halogens is 1. The zero-order chi connectivity index (χ0) is 24.4. The number of nitrogens with zero attached hydrogens (tertiary/aromatic N) is 1. The number of aliphatic hydroxyl groups is 2. The number of carbonyl (C=O) groups is 2. The van der Waals surface area contributed by atoms with E-state index in [4.69, 9.17) is 21.1 Å². The fraction of sp³-hybridized carbons (Fsp3) is 0.577. The highest BCUT2D eigenvalue weighted by atomic mass is 35.5. The molecule has 4 heterocycles. The lowest BCUT2D eigenvalue weighted by molar-refractivity contribution is -0.454. The molecule has 8 nitrogen and oxygen atoms in total. The van der Waals surface area contributed by atoms with Crippen LogP contribution in [0.25, 0.3) is 0 Å². The van der Waals surface area contributed by atoms with Crippen molar-refractivity contribution >= 4 is 23.4 Å². The minimum Gasteiger partial charge on any atom is -0.442 e. The first-order valence-electron chi connectivity index (χ1n) is 12.2. The lowest BCUT2D eigenvalue weighted by Gasteiger charge is -2.83. The molecule has 182 valence electrons. The molecule has 8 aliphatic rings. The first-order valence-corrected chi connectivity index (χ1v) is 12.6. The van der Waals surface area contributed by atoms with Crippen LogP contribution in [0.5, 0.6) is 0 Å². The normalized spacial score (nSPS) is 55.5. The van der Waals surface area contributed by atoms with Crippen LogP contribution in [0.2, 0.25) is 5.15 Å². The lowest BCUT2D eigenvalue weighted by Crippen LogP contribution is -2.97. The van der Waals surface area contributed by atoms with Crippen molar-refractivity contribution < 1.29 is 29.3 Å². The number of fused-ring (bicyclic) bond motifs is 1. The summed E-state index contributed by atoms with van der Waals surface area (Å²) in [5, 5.41) is 27.6. The van der Waals surface area contributed by atoms with E-state index in [0.29, 0.717) is 12.0 Å². The summed E-state index contributed by atoms with van der Waals surface area (Å²) in [4.78, 5) is 31.4. The molecular formula is C26H25ClN2O6. The summed E-state index contributed by atoms with van der Waals surface area (Å²) >= 11 is 5.95. The highest BCUT2D eigenvalue weighted by Crippen LogP contribution is 2.86. The van der Waals surface area contributed by atoms with Gasteiger partial charge in [-0.2, -0.15) is 0 Å². The molecule has 3 N–H and O–H groups in total. The number of hydrogen-bond acceptors (Lipinski definition) is 8. The first kappa shape index (κ1) is 21.0. The molecule has 3 saturated heterocycles. The Morgan fingerprint density at radius 3 is 2.97 bits per heavy atom. The summed E-state index contributed by atoms with van der Waals surface area (Å²) in [6.45, 7) is 6.43. The van der Waals surface area contributed by atoms with Crippen molar-refractivity contribution in [3.05, 3.63) is 53.4 Å². The van der Waals surface area contributed by atoms with Gasteiger partial charge in [-0.3, -0.25) is 10.1 Å². The lowest BCUT2D eigenvalue weighted by atomic mass is 9.22. The smallest absolute Gasteiger partial charge is 0.339 e. The van der Waals surface area contributed by atoms with Crippen LogP contribution < -0.4 is 5.32 Å². The van der Waals surface area contributed by atoms with Crippen molar-refractivity contribution in [2.75, 3.05) is 6.61 Å². The molecule has 0 amide bonds. The van der Waals surface area contributed by atoms with Gasteiger partial charge in [0, 0.05) is 23.1 Å².